The van der Waals surface area contributed by atoms with Crippen molar-refractivity contribution in [2.45, 2.75) is 64.8 Å². The molecule has 0 saturated heterocycles. The van der Waals surface area contributed by atoms with E-state index in [9.17, 15) is 18.4 Å². The molecule has 1 saturated carbocycles. The average molecular weight is 586 g/mol. The maximum atomic E-state index is 15.8. The lowest BCUT2D eigenvalue weighted by Crippen LogP contribution is -2.28. The normalized spacial score (nSPS) is 15.2. The van der Waals surface area contributed by atoms with E-state index in [4.69, 9.17) is 11.6 Å². The van der Waals surface area contributed by atoms with Crippen LogP contribution < -0.4 is 5.32 Å². The summed E-state index contributed by atoms with van der Waals surface area (Å²) in [6, 6.07) is 8.29. The van der Waals surface area contributed by atoms with Crippen LogP contribution in [0.5, 0.6) is 0 Å². The Kier molecular flexibility index (Phi) is 7.40. The van der Waals surface area contributed by atoms with Crippen LogP contribution in [0.1, 0.15) is 67.6 Å². The summed E-state index contributed by atoms with van der Waals surface area (Å²) in [7, 11) is 0. The van der Waals surface area contributed by atoms with E-state index >= 15 is 4.39 Å². The van der Waals surface area contributed by atoms with E-state index in [0.29, 0.717) is 55.2 Å². The summed E-state index contributed by atoms with van der Waals surface area (Å²) in [5, 5.41) is 21.8. The van der Waals surface area contributed by atoms with Gasteiger partial charge in [0.15, 0.2) is 0 Å². The van der Waals surface area contributed by atoms with Crippen molar-refractivity contribution in [3.63, 3.8) is 0 Å². The lowest BCUT2D eigenvalue weighted by atomic mass is 9.88. The van der Waals surface area contributed by atoms with Crippen LogP contribution in [0.25, 0.3) is 10.9 Å². The monoisotopic (exact) mass is 585 g/mol. The lowest BCUT2D eigenvalue weighted by Gasteiger charge is -2.22. The van der Waals surface area contributed by atoms with Crippen molar-refractivity contribution in [1.29, 1.82) is 5.26 Å². The fraction of sp³-hybridized carbons (Fsp3) is 0.414. The summed E-state index contributed by atoms with van der Waals surface area (Å²) < 4.78 is 58.0. The molecular formula is C29H28ClF4N7. The third-order valence-electron chi connectivity index (χ3n) is 7.37. The number of hydrogen-bond acceptors (Lipinski definition) is 6. The number of aryl methyl sites for hydroxylation is 1. The number of nitrogens with one attached hydrogen (secondary N) is 1. The van der Waals surface area contributed by atoms with Crippen molar-refractivity contribution in [3.8, 4) is 6.07 Å². The van der Waals surface area contributed by atoms with E-state index in [1.807, 2.05) is 6.07 Å². The summed E-state index contributed by atoms with van der Waals surface area (Å²) in [5.41, 5.74) is 0.815. The molecule has 214 valence electrons. The maximum Gasteiger partial charge on any atom is 0.263 e. The Morgan fingerprint density at radius 3 is 2.54 bits per heavy atom. The second kappa shape index (κ2) is 10.6. The first-order valence-corrected chi connectivity index (χ1v) is 13.5. The highest BCUT2D eigenvalue weighted by atomic mass is 35.5. The van der Waals surface area contributed by atoms with Crippen LogP contribution >= 0.6 is 11.6 Å². The standard InChI is InChI=1S/C29H28ClF4N7/c1-15-18(5-6-22(31)38-15)19(25-26(32)41(40-39-25)29(7-8-29)27(33)34)9-16-10-20-23(37-14-28(2,3)4)17(12-35)13-36-24(20)21(30)11-16/h5-6,10-11,13,19,27H,7-9,14H2,1-4H3,(H,36,37)/t19-/m0/s1. The average Bonchev–Trinajstić information content (AvgIpc) is 3.62. The molecule has 0 spiro atoms. The van der Waals surface area contributed by atoms with E-state index in [0.717, 1.165) is 6.07 Å². The van der Waals surface area contributed by atoms with E-state index in [1.165, 1.54) is 12.3 Å². The maximum absolute atomic E-state index is 15.8. The SMILES string of the molecule is Cc1nc(F)ccc1[C@H](Cc1cc(Cl)c2ncc(C#N)c(NCC(C)(C)C)c2c1)c1nnn(C2(C(F)F)CC2)c1F. The summed E-state index contributed by atoms with van der Waals surface area (Å²) in [6.45, 7) is 8.31. The minimum atomic E-state index is -2.81. The predicted octanol–water partition coefficient (Wildman–Crippen LogP) is 6.92. The van der Waals surface area contributed by atoms with Gasteiger partial charge in [0.05, 0.1) is 21.8 Å². The number of nitriles is 1. The fourth-order valence-electron chi connectivity index (χ4n) is 4.99. The van der Waals surface area contributed by atoms with Crippen LogP contribution in [0.15, 0.2) is 30.5 Å². The van der Waals surface area contributed by atoms with Gasteiger partial charge in [-0.15, -0.1) is 5.10 Å². The molecule has 1 atom stereocenters. The summed E-state index contributed by atoms with van der Waals surface area (Å²) >= 11 is 6.66. The first kappa shape index (κ1) is 28.7. The number of anilines is 1. The highest BCUT2D eigenvalue weighted by Crippen LogP contribution is 2.49. The molecule has 3 aromatic heterocycles. The van der Waals surface area contributed by atoms with Crippen molar-refractivity contribution in [3.05, 3.63) is 75.5 Å². The summed E-state index contributed by atoms with van der Waals surface area (Å²) in [4.78, 5) is 8.27. The van der Waals surface area contributed by atoms with E-state index in [-0.39, 0.29) is 30.4 Å². The Morgan fingerprint density at radius 1 is 1.20 bits per heavy atom. The minimum absolute atomic E-state index is 0.0883. The quantitative estimate of drug-likeness (QED) is 0.178. The first-order valence-electron chi connectivity index (χ1n) is 13.1. The second-order valence-corrected chi connectivity index (χ2v) is 12.1. The molecule has 3 heterocycles. The van der Waals surface area contributed by atoms with Crippen LogP contribution in [0.4, 0.5) is 23.2 Å². The number of fused-ring (bicyclic) bond motifs is 1. The van der Waals surface area contributed by atoms with Gasteiger partial charge < -0.3 is 5.32 Å². The van der Waals surface area contributed by atoms with Gasteiger partial charge in [-0.3, -0.25) is 4.98 Å². The Labute approximate surface area is 239 Å². The molecule has 1 aliphatic rings. The Hall–Kier alpha value is -3.78. The van der Waals surface area contributed by atoms with E-state index < -0.39 is 29.8 Å². The summed E-state index contributed by atoms with van der Waals surface area (Å²) in [6.07, 6.45) is -1.06. The van der Waals surface area contributed by atoms with Crippen molar-refractivity contribution in [2.75, 3.05) is 11.9 Å². The third kappa shape index (κ3) is 5.45. The van der Waals surface area contributed by atoms with Gasteiger partial charge in [-0.2, -0.15) is 14.0 Å². The van der Waals surface area contributed by atoms with Gasteiger partial charge >= 0.3 is 0 Å². The van der Waals surface area contributed by atoms with Crippen molar-refractivity contribution >= 4 is 28.2 Å². The Bertz CT molecular complexity index is 1670. The summed E-state index contributed by atoms with van der Waals surface area (Å²) in [5.74, 6) is -2.52. The predicted molar refractivity (Wildman–Crippen MR) is 147 cm³/mol. The Balaban J connectivity index is 1.64. The highest BCUT2D eigenvalue weighted by molar-refractivity contribution is 6.35. The lowest BCUT2D eigenvalue weighted by molar-refractivity contribution is 0.0524. The zero-order chi connectivity index (χ0) is 29.7. The molecule has 41 heavy (non-hydrogen) atoms. The van der Waals surface area contributed by atoms with Gasteiger partial charge in [-0.25, -0.2) is 18.4 Å². The number of rotatable bonds is 8. The van der Waals surface area contributed by atoms with Crippen LogP contribution in [0.2, 0.25) is 5.02 Å². The smallest absolute Gasteiger partial charge is 0.263 e. The van der Waals surface area contributed by atoms with E-state index in [2.05, 4.69) is 52.4 Å². The van der Waals surface area contributed by atoms with Crippen molar-refractivity contribution in [1.82, 2.24) is 25.0 Å². The fourth-order valence-corrected chi connectivity index (χ4v) is 5.28. The molecule has 0 radical (unpaired) electrons. The number of alkyl halides is 2. The van der Waals surface area contributed by atoms with Crippen LogP contribution in [-0.4, -0.2) is 37.9 Å². The molecule has 1 N–H and O–H groups in total. The molecule has 1 aliphatic carbocycles. The van der Waals surface area contributed by atoms with Gasteiger partial charge in [0.2, 0.25) is 11.9 Å². The molecule has 0 amide bonds. The topological polar surface area (TPSA) is 92.3 Å². The zero-order valence-electron chi connectivity index (χ0n) is 22.9. The van der Waals surface area contributed by atoms with Gasteiger partial charge in [-0.1, -0.05) is 43.7 Å². The number of nitrogens with zero attached hydrogens (tertiary/aromatic N) is 6. The van der Waals surface area contributed by atoms with Gasteiger partial charge in [-0.05, 0) is 60.9 Å². The number of halogens is 5. The molecule has 12 heteroatoms. The van der Waals surface area contributed by atoms with Gasteiger partial charge in [0.25, 0.3) is 6.43 Å². The largest absolute Gasteiger partial charge is 0.383 e. The van der Waals surface area contributed by atoms with Gasteiger partial charge in [0, 0.05) is 29.7 Å². The van der Waals surface area contributed by atoms with E-state index in [1.54, 1.807) is 13.0 Å². The van der Waals surface area contributed by atoms with Crippen molar-refractivity contribution < 1.29 is 17.6 Å². The van der Waals surface area contributed by atoms with Crippen LogP contribution in [0, 0.1) is 35.6 Å². The molecule has 0 aliphatic heterocycles. The van der Waals surface area contributed by atoms with Gasteiger partial charge in [0.1, 0.15) is 17.3 Å². The molecule has 7 nitrogen and oxygen atoms in total. The number of pyridine rings is 2. The Morgan fingerprint density at radius 2 is 1.93 bits per heavy atom. The van der Waals surface area contributed by atoms with Crippen LogP contribution in [0.3, 0.4) is 0 Å². The molecule has 0 bridgehead atoms. The zero-order valence-corrected chi connectivity index (χ0v) is 23.7. The molecule has 1 fully saturated rings. The molecule has 5 rings (SSSR count). The number of benzene rings is 1. The molecule has 1 aromatic carbocycles. The van der Waals surface area contributed by atoms with Crippen molar-refractivity contribution in [2.24, 2.45) is 5.41 Å². The number of aromatic nitrogens is 5. The third-order valence-corrected chi connectivity index (χ3v) is 7.66. The molecule has 4 aromatic rings. The number of hydrogen-bond donors (Lipinski definition) is 1. The molecule has 0 unspecified atom stereocenters. The first-order chi connectivity index (χ1) is 19.3. The van der Waals surface area contributed by atoms with Crippen LogP contribution in [-0.2, 0) is 12.0 Å². The minimum Gasteiger partial charge on any atom is -0.383 e. The molecular weight excluding hydrogens is 558 g/mol. The highest BCUT2D eigenvalue weighted by Gasteiger charge is 2.56. The second-order valence-electron chi connectivity index (χ2n) is 11.7.